The van der Waals surface area contributed by atoms with Crippen molar-refractivity contribution in [1.82, 2.24) is 19.7 Å². The number of carbonyl (C=O) groups is 1. The molecule has 0 saturated heterocycles. The molecule has 0 bridgehead atoms. The van der Waals surface area contributed by atoms with Crippen LogP contribution < -0.4 is 14.2 Å². The summed E-state index contributed by atoms with van der Waals surface area (Å²) in [4.78, 5) is 18.7. The first kappa shape index (κ1) is 21.2. The van der Waals surface area contributed by atoms with Crippen LogP contribution in [0.5, 0.6) is 17.2 Å². The van der Waals surface area contributed by atoms with Crippen molar-refractivity contribution in [2.75, 3.05) is 28.4 Å². The minimum atomic E-state index is -0.103. The molecule has 0 N–H and O–H groups in total. The molecule has 1 aromatic heterocycles. The summed E-state index contributed by atoms with van der Waals surface area (Å²) in [5.74, 6) is 1.50. The molecule has 3 aromatic rings. The highest BCUT2D eigenvalue weighted by atomic mass is 16.5. The Balaban J connectivity index is 1.75. The van der Waals surface area contributed by atoms with Gasteiger partial charge < -0.3 is 19.1 Å². The van der Waals surface area contributed by atoms with E-state index in [0.717, 1.165) is 16.8 Å². The average Bonchev–Trinajstić information content (AvgIpc) is 3.32. The number of hydrogen-bond donors (Lipinski definition) is 0. The zero-order chi connectivity index (χ0) is 21.7. The summed E-state index contributed by atoms with van der Waals surface area (Å²) in [5.41, 5.74) is 2.67. The molecular formula is C22H26N4O4. The van der Waals surface area contributed by atoms with Gasteiger partial charge in [0.15, 0.2) is 11.5 Å². The van der Waals surface area contributed by atoms with E-state index in [0.29, 0.717) is 17.2 Å². The van der Waals surface area contributed by atoms with Gasteiger partial charge in [-0.2, -0.15) is 5.10 Å². The third-order valence-electron chi connectivity index (χ3n) is 5.16. The third-order valence-corrected chi connectivity index (χ3v) is 5.16. The van der Waals surface area contributed by atoms with E-state index in [1.165, 1.54) is 6.33 Å². The second-order valence-corrected chi connectivity index (χ2v) is 6.78. The van der Waals surface area contributed by atoms with E-state index >= 15 is 0 Å². The van der Waals surface area contributed by atoms with E-state index in [-0.39, 0.29) is 18.4 Å². The van der Waals surface area contributed by atoms with Gasteiger partial charge in [-0.15, -0.1) is 0 Å². The molecule has 30 heavy (non-hydrogen) atoms. The molecule has 3 rings (SSSR count). The maximum atomic E-state index is 13.0. The van der Waals surface area contributed by atoms with Crippen LogP contribution in [0.2, 0.25) is 0 Å². The Kier molecular flexibility index (Phi) is 6.56. The Labute approximate surface area is 176 Å². The molecule has 8 nitrogen and oxygen atoms in total. The number of carbonyl (C=O) groups excluding carboxylic acids is 1. The first-order valence-electron chi connectivity index (χ1n) is 9.48. The van der Waals surface area contributed by atoms with Gasteiger partial charge in [-0.3, -0.25) is 4.79 Å². The number of methoxy groups -OCH3 is 3. The van der Waals surface area contributed by atoms with Gasteiger partial charge in [-0.25, -0.2) is 9.67 Å². The van der Waals surface area contributed by atoms with E-state index in [1.807, 2.05) is 37.3 Å². The maximum Gasteiger partial charge on any atom is 0.227 e. The number of likely N-dealkylation sites (N-methyl/N-ethyl adjacent to an activating group) is 1. The topological polar surface area (TPSA) is 78.7 Å². The predicted octanol–water partition coefficient (Wildman–Crippen LogP) is 3.06. The first-order valence-corrected chi connectivity index (χ1v) is 9.48. The van der Waals surface area contributed by atoms with Crippen LogP contribution in [-0.2, 0) is 11.2 Å². The molecule has 1 unspecified atom stereocenters. The highest BCUT2D eigenvalue weighted by Gasteiger charge is 2.22. The molecule has 0 spiro atoms. The molecule has 1 amide bonds. The number of ether oxygens (including phenoxy) is 3. The largest absolute Gasteiger partial charge is 0.493 e. The quantitative estimate of drug-likeness (QED) is 0.568. The van der Waals surface area contributed by atoms with Gasteiger partial charge in [-0.1, -0.05) is 18.2 Å². The standard InChI is InChI=1S/C22H26N4O4/c1-15(16-6-9-18(10-7-16)26-14-23-13-24-26)25(2)20(27)12-17-8-11-19(28-3)22(30-5)21(17)29-4/h6-11,13-15H,12H2,1-5H3. The summed E-state index contributed by atoms with van der Waals surface area (Å²) in [6.07, 6.45) is 3.32. The van der Waals surface area contributed by atoms with Crippen LogP contribution >= 0.6 is 0 Å². The summed E-state index contributed by atoms with van der Waals surface area (Å²) >= 11 is 0. The monoisotopic (exact) mass is 410 g/mol. The summed E-state index contributed by atoms with van der Waals surface area (Å²) < 4.78 is 17.9. The fourth-order valence-electron chi connectivity index (χ4n) is 3.28. The number of aromatic nitrogens is 3. The van der Waals surface area contributed by atoms with Crippen molar-refractivity contribution in [2.24, 2.45) is 0 Å². The van der Waals surface area contributed by atoms with Gasteiger partial charge in [0, 0.05) is 12.6 Å². The number of hydrogen-bond acceptors (Lipinski definition) is 6. The lowest BCUT2D eigenvalue weighted by Gasteiger charge is -2.26. The van der Waals surface area contributed by atoms with Gasteiger partial charge in [0.25, 0.3) is 0 Å². The Bertz CT molecular complexity index is 987. The van der Waals surface area contributed by atoms with Gasteiger partial charge in [0.1, 0.15) is 12.7 Å². The molecule has 0 radical (unpaired) electrons. The second kappa shape index (κ2) is 9.30. The molecular weight excluding hydrogens is 384 g/mol. The highest BCUT2D eigenvalue weighted by molar-refractivity contribution is 5.80. The fraction of sp³-hybridized carbons (Fsp3) is 0.318. The molecule has 1 atom stereocenters. The van der Waals surface area contributed by atoms with Crippen LogP contribution in [0.4, 0.5) is 0 Å². The van der Waals surface area contributed by atoms with Gasteiger partial charge in [0.05, 0.1) is 39.5 Å². The number of amides is 1. The van der Waals surface area contributed by atoms with E-state index in [9.17, 15) is 4.79 Å². The molecule has 0 aliphatic rings. The Morgan fingerprint density at radius 1 is 1.03 bits per heavy atom. The summed E-state index contributed by atoms with van der Waals surface area (Å²) in [6, 6.07) is 11.4. The van der Waals surface area contributed by atoms with Crippen LogP contribution in [0, 0.1) is 0 Å². The Hall–Kier alpha value is -3.55. The predicted molar refractivity (Wildman–Crippen MR) is 112 cm³/mol. The number of benzene rings is 2. The van der Waals surface area contributed by atoms with Crippen LogP contribution in [0.25, 0.3) is 5.69 Å². The highest BCUT2D eigenvalue weighted by Crippen LogP contribution is 2.40. The summed E-state index contributed by atoms with van der Waals surface area (Å²) in [5, 5.41) is 4.12. The van der Waals surface area contributed by atoms with E-state index in [1.54, 1.807) is 50.4 Å². The van der Waals surface area contributed by atoms with E-state index in [2.05, 4.69) is 10.1 Å². The van der Waals surface area contributed by atoms with Crippen LogP contribution in [0.3, 0.4) is 0 Å². The van der Waals surface area contributed by atoms with Crippen molar-refractivity contribution >= 4 is 5.91 Å². The SMILES string of the molecule is COc1ccc(CC(=O)N(C)C(C)c2ccc(-n3cncn3)cc2)c(OC)c1OC. The Morgan fingerprint density at radius 2 is 1.73 bits per heavy atom. The van der Waals surface area contributed by atoms with Crippen molar-refractivity contribution in [1.29, 1.82) is 0 Å². The number of nitrogens with zero attached hydrogens (tertiary/aromatic N) is 4. The van der Waals surface area contributed by atoms with E-state index < -0.39 is 0 Å². The molecule has 0 aliphatic carbocycles. The lowest BCUT2D eigenvalue weighted by Crippen LogP contribution is -2.31. The minimum absolute atomic E-state index is 0.0339. The van der Waals surface area contributed by atoms with Crippen LogP contribution in [0.1, 0.15) is 24.1 Å². The smallest absolute Gasteiger partial charge is 0.227 e. The van der Waals surface area contributed by atoms with Crippen LogP contribution in [-0.4, -0.2) is 53.9 Å². The van der Waals surface area contributed by atoms with Crippen molar-refractivity contribution < 1.29 is 19.0 Å². The second-order valence-electron chi connectivity index (χ2n) is 6.78. The summed E-state index contributed by atoms with van der Waals surface area (Å²) in [7, 11) is 6.45. The summed E-state index contributed by atoms with van der Waals surface area (Å²) in [6.45, 7) is 1.99. The van der Waals surface area contributed by atoms with E-state index in [4.69, 9.17) is 14.2 Å². The van der Waals surface area contributed by atoms with Gasteiger partial charge in [-0.05, 0) is 30.7 Å². The fourth-order valence-corrected chi connectivity index (χ4v) is 3.28. The molecule has 2 aromatic carbocycles. The first-order chi connectivity index (χ1) is 14.5. The van der Waals surface area contributed by atoms with Crippen LogP contribution in [0.15, 0.2) is 49.1 Å². The van der Waals surface area contributed by atoms with Crippen molar-refractivity contribution in [3.8, 4) is 22.9 Å². The lowest BCUT2D eigenvalue weighted by atomic mass is 10.0. The molecule has 0 aliphatic heterocycles. The van der Waals surface area contributed by atoms with Gasteiger partial charge >= 0.3 is 0 Å². The van der Waals surface area contributed by atoms with Crippen molar-refractivity contribution in [3.63, 3.8) is 0 Å². The third kappa shape index (κ3) is 4.22. The molecule has 1 heterocycles. The molecule has 8 heteroatoms. The zero-order valence-corrected chi connectivity index (χ0v) is 17.8. The lowest BCUT2D eigenvalue weighted by molar-refractivity contribution is -0.131. The number of rotatable bonds is 8. The zero-order valence-electron chi connectivity index (χ0n) is 17.8. The van der Waals surface area contributed by atoms with Crippen molar-refractivity contribution in [2.45, 2.75) is 19.4 Å². The molecule has 0 fully saturated rings. The minimum Gasteiger partial charge on any atom is -0.493 e. The average molecular weight is 410 g/mol. The molecule has 0 saturated carbocycles. The van der Waals surface area contributed by atoms with Gasteiger partial charge in [0.2, 0.25) is 11.7 Å². The maximum absolute atomic E-state index is 13.0. The van der Waals surface area contributed by atoms with Crippen molar-refractivity contribution in [3.05, 3.63) is 60.2 Å². The Morgan fingerprint density at radius 3 is 2.30 bits per heavy atom. The normalized spacial score (nSPS) is 11.6. The molecule has 158 valence electrons.